The fourth-order valence-corrected chi connectivity index (χ4v) is 2.82. The molecule has 2 aromatic rings. The molecule has 122 valence electrons. The van der Waals surface area contributed by atoms with E-state index < -0.39 is 10.0 Å². The molecule has 0 fully saturated rings. The maximum atomic E-state index is 11.9. The van der Waals surface area contributed by atoms with Gasteiger partial charge < -0.3 is 4.74 Å². The molecule has 4 nitrogen and oxygen atoms in total. The molecule has 23 heavy (non-hydrogen) atoms. The largest absolute Gasteiger partial charge is 0.489 e. The molecule has 1 unspecified atom stereocenters. The van der Waals surface area contributed by atoms with E-state index in [9.17, 15) is 8.42 Å². The molecule has 1 atom stereocenters. The summed E-state index contributed by atoms with van der Waals surface area (Å²) in [6, 6.07) is 16.2. The van der Waals surface area contributed by atoms with E-state index in [-0.39, 0.29) is 12.6 Å². The number of sulfonamides is 1. The smallest absolute Gasteiger partial charge is 0.233 e. The lowest BCUT2D eigenvalue weighted by Crippen LogP contribution is -2.32. The number of rotatable bonds is 7. The van der Waals surface area contributed by atoms with E-state index in [1.165, 1.54) is 6.08 Å². The second-order valence-corrected chi connectivity index (χ2v) is 7.08. The molecule has 1 N–H and O–H groups in total. The van der Waals surface area contributed by atoms with E-state index in [1.807, 2.05) is 30.3 Å². The summed E-state index contributed by atoms with van der Waals surface area (Å²) < 4.78 is 32.0. The highest BCUT2D eigenvalue weighted by molar-refractivity contribution is 7.92. The Morgan fingerprint density at radius 2 is 1.78 bits per heavy atom. The van der Waals surface area contributed by atoms with Gasteiger partial charge >= 0.3 is 0 Å². The van der Waals surface area contributed by atoms with Gasteiger partial charge in [-0.15, -0.1) is 0 Å². The fourth-order valence-electron chi connectivity index (χ4n) is 1.80. The van der Waals surface area contributed by atoms with Crippen LogP contribution < -0.4 is 9.46 Å². The molecule has 0 saturated carbocycles. The summed E-state index contributed by atoms with van der Waals surface area (Å²) in [4.78, 5) is 0. The molecule has 2 rings (SSSR count). The van der Waals surface area contributed by atoms with Crippen LogP contribution in [-0.4, -0.2) is 21.1 Å². The van der Waals surface area contributed by atoms with Crippen molar-refractivity contribution in [2.45, 2.75) is 13.0 Å². The lowest BCUT2D eigenvalue weighted by Gasteiger charge is -2.14. The predicted octanol–water partition coefficient (Wildman–Crippen LogP) is 3.70. The molecule has 0 radical (unpaired) electrons. The fraction of sp³-hybridized carbons (Fsp3) is 0.176. The van der Waals surface area contributed by atoms with E-state index in [1.54, 1.807) is 31.2 Å². The highest BCUT2D eigenvalue weighted by Gasteiger charge is 2.09. The van der Waals surface area contributed by atoms with E-state index in [0.29, 0.717) is 10.8 Å². The SMILES string of the molecule is CC(CNS(=O)(=O)C=Cc1ccc(Cl)cc1)Oc1ccccc1. The number of ether oxygens (including phenoxy) is 1. The van der Waals surface area contributed by atoms with E-state index >= 15 is 0 Å². The molecule has 6 heteroatoms. The van der Waals surface area contributed by atoms with Crippen molar-refractivity contribution >= 4 is 27.7 Å². The van der Waals surface area contributed by atoms with Crippen LogP contribution in [0.15, 0.2) is 60.0 Å². The second kappa shape index (κ2) is 8.15. The maximum Gasteiger partial charge on any atom is 0.233 e. The Morgan fingerprint density at radius 3 is 2.43 bits per heavy atom. The van der Waals surface area contributed by atoms with Crippen molar-refractivity contribution in [2.24, 2.45) is 0 Å². The van der Waals surface area contributed by atoms with Gasteiger partial charge in [0.2, 0.25) is 10.0 Å². The van der Waals surface area contributed by atoms with Crippen LogP contribution in [0.25, 0.3) is 6.08 Å². The summed E-state index contributed by atoms with van der Waals surface area (Å²) in [6.07, 6.45) is 1.23. The minimum Gasteiger partial charge on any atom is -0.489 e. The zero-order valence-electron chi connectivity index (χ0n) is 12.6. The molecule has 0 aliphatic rings. The van der Waals surface area contributed by atoms with Crippen LogP contribution in [0.3, 0.4) is 0 Å². The monoisotopic (exact) mass is 351 g/mol. The zero-order valence-corrected chi connectivity index (χ0v) is 14.2. The van der Waals surface area contributed by atoms with Crippen LogP contribution in [-0.2, 0) is 10.0 Å². The first-order chi connectivity index (χ1) is 10.9. The topological polar surface area (TPSA) is 55.4 Å². The van der Waals surface area contributed by atoms with Gasteiger partial charge in [-0.2, -0.15) is 0 Å². The van der Waals surface area contributed by atoms with Crippen LogP contribution in [0.5, 0.6) is 5.75 Å². The summed E-state index contributed by atoms with van der Waals surface area (Å²) in [6.45, 7) is 1.99. The third-order valence-corrected chi connectivity index (χ3v) is 4.28. The minimum atomic E-state index is -3.52. The standard InChI is InChI=1S/C17H18ClNO3S/c1-14(22-17-5-3-2-4-6-17)13-19-23(20,21)12-11-15-7-9-16(18)10-8-15/h2-12,14,19H,13H2,1H3. The van der Waals surface area contributed by atoms with E-state index in [4.69, 9.17) is 16.3 Å². The van der Waals surface area contributed by atoms with Gasteiger partial charge in [0.25, 0.3) is 0 Å². The molecule has 0 aromatic heterocycles. The molecule has 0 spiro atoms. The van der Waals surface area contributed by atoms with Crippen LogP contribution in [0.4, 0.5) is 0 Å². The van der Waals surface area contributed by atoms with E-state index in [0.717, 1.165) is 11.0 Å². The Hall–Kier alpha value is -1.82. The zero-order chi connectivity index (χ0) is 16.7. The Labute approximate surface area is 141 Å². The number of nitrogens with one attached hydrogen (secondary N) is 1. The number of hydrogen-bond donors (Lipinski definition) is 1. The van der Waals surface area contributed by atoms with Crippen molar-refractivity contribution in [2.75, 3.05) is 6.54 Å². The minimum absolute atomic E-state index is 0.183. The summed E-state index contributed by atoms with van der Waals surface area (Å²) in [5.74, 6) is 0.705. The van der Waals surface area contributed by atoms with E-state index in [2.05, 4.69) is 4.72 Å². The van der Waals surface area contributed by atoms with Crippen molar-refractivity contribution in [1.29, 1.82) is 0 Å². The van der Waals surface area contributed by atoms with Crippen LogP contribution in [0.1, 0.15) is 12.5 Å². The van der Waals surface area contributed by atoms with Gasteiger partial charge in [-0.05, 0) is 42.8 Å². The molecular formula is C17H18ClNO3S. The molecule has 0 heterocycles. The predicted molar refractivity (Wildman–Crippen MR) is 93.9 cm³/mol. The van der Waals surface area contributed by atoms with Gasteiger partial charge in [0.05, 0.1) is 0 Å². The first-order valence-corrected chi connectivity index (χ1v) is 9.02. The van der Waals surface area contributed by atoms with Gasteiger partial charge in [0.1, 0.15) is 11.9 Å². The molecule has 0 amide bonds. The first kappa shape index (κ1) is 17.5. The third-order valence-electron chi connectivity index (χ3n) is 2.96. The number of halogens is 1. The van der Waals surface area contributed by atoms with Gasteiger partial charge in [0, 0.05) is 17.0 Å². The van der Waals surface area contributed by atoms with Gasteiger partial charge in [-0.3, -0.25) is 0 Å². The normalized spacial score (nSPS) is 13.1. The quantitative estimate of drug-likeness (QED) is 0.827. The van der Waals surface area contributed by atoms with Crippen molar-refractivity contribution in [3.8, 4) is 5.75 Å². The van der Waals surface area contributed by atoms with Gasteiger partial charge in [0.15, 0.2) is 0 Å². The lowest BCUT2D eigenvalue weighted by molar-refractivity contribution is 0.225. The van der Waals surface area contributed by atoms with Gasteiger partial charge in [-0.25, -0.2) is 13.1 Å². The average molecular weight is 352 g/mol. The maximum absolute atomic E-state index is 11.9. The molecule has 0 aliphatic heterocycles. The summed E-state index contributed by atoms with van der Waals surface area (Å²) in [5.41, 5.74) is 0.758. The molecule has 0 aliphatic carbocycles. The number of hydrogen-bond acceptors (Lipinski definition) is 3. The van der Waals surface area contributed by atoms with Gasteiger partial charge in [-0.1, -0.05) is 41.9 Å². The average Bonchev–Trinajstić information content (AvgIpc) is 2.54. The third kappa shape index (κ3) is 6.44. The second-order valence-electron chi connectivity index (χ2n) is 4.99. The first-order valence-electron chi connectivity index (χ1n) is 7.10. The highest BCUT2D eigenvalue weighted by atomic mass is 35.5. The van der Waals surface area contributed by atoms with Crippen molar-refractivity contribution in [3.05, 3.63) is 70.6 Å². The van der Waals surface area contributed by atoms with Crippen LogP contribution in [0.2, 0.25) is 5.02 Å². The Morgan fingerprint density at radius 1 is 1.13 bits per heavy atom. The Bertz CT molecular complexity index is 743. The molecular weight excluding hydrogens is 334 g/mol. The lowest BCUT2D eigenvalue weighted by atomic mass is 10.2. The van der Waals surface area contributed by atoms with Crippen molar-refractivity contribution in [3.63, 3.8) is 0 Å². The summed E-state index contributed by atoms with van der Waals surface area (Å²) in [7, 11) is -3.52. The van der Waals surface area contributed by atoms with Crippen LogP contribution in [0, 0.1) is 0 Å². The summed E-state index contributed by atoms with van der Waals surface area (Å²) >= 11 is 5.78. The molecule has 0 saturated heterocycles. The molecule has 0 bridgehead atoms. The molecule has 2 aromatic carbocycles. The van der Waals surface area contributed by atoms with Crippen LogP contribution >= 0.6 is 11.6 Å². The van der Waals surface area contributed by atoms with Crippen molar-refractivity contribution in [1.82, 2.24) is 4.72 Å². The number of para-hydroxylation sites is 1. The Kier molecular flexibility index (Phi) is 6.21. The highest BCUT2D eigenvalue weighted by Crippen LogP contribution is 2.12. The Balaban J connectivity index is 1.87. The van der Waals surface area contributed by atoms with Crippen molar-refractivity contribution < 1.29 is 13.2 Å². The number of benzene rings is 2. The summed E-state index contributed by atoms with van der Waals surface area (Å²) in [5, 5.41) is 1.74.